The summed E-state index contributed by atoms with van der Waals surface area (Å²) in [4.78, 5) is 14.2. The molecule has 3 rings (SSSR count). The molecule has 1 N–H and O–H groups in total. The second-order valence-electron chi connectivity index (χ2n) is 5.33. The summed E-state index contributed by atoms with van der Waals surface area (Å²) in [6, 6.07) is 16.2. The Labute approximate surface area is 119 Å². The van der Waals surface area contributed by atoms with Crippen LogP contribution in [0.5, 0.6) is 0 Å². The fourth-order valence-electron chi connectivity index (χ4n) is 2.56. The van der Waals surface area contributed by atoms with Gasteiger partial charge in [-0.1, -0.05) is 42.0 Å². The zero-order valence-corrected chi connectivity index (χ0v) is 11.6. The number of amides is 1. The Morgan fingerprint density at radius 2 is 1.65 bits per heavy atom. The lowest BCUT2D eigenvalue weighted by Gasteiger charge is -2.14. The summed E-state index contributed by atoms with van der Waals surface area (Å²) in [6.07, 6.45) is 0. The summed E-state index contributed by atoms with van der Waals surface area (Å²) in [5.41, 5.74) is 4.71. The van der Waals surface area contributed by atoms with E-state index in [1.165, 1.54) is 16.7 Å². The van der Waals surface area contributed by atoms with Crippen LogP contribution in [0.1, 0.15) is 16.7 Å². The first-order valence-corrected chi connectivity index (χ1v) is 6.86. The zero-order chi connectivity index (χ0) is 13.9. The average molecular weight is 266 g/mol. The van der Waals surface area contributed by atoms with Crippen molar-refractivity contribution in [1.29, 1.82) is 0 Å². The van der Waals surface area contributed by atoms with Crippen molar-refractivity contribution in [2.75, 3.05) is 11.9 Å². The maximum atomic E-state index is 12.1. The van der Waals surface area contributed by atoms with Crippen molar-refractivity contribution in [2.24, 2.45) is 0 Å². The predicted molar refractivity (Wildman–Crippen MR) is 80.4 cm³/mol. The number of rotatable bonds is 3. The Hall–Kier alpha value is -2.13. The number of anilines is 1. The quantitative estimate of drug-likeness (QED) is 0.926. The van der Waals surface area contributed by atoms with E-state index in [1.54, 1.807) is 0 Å². The molecule has 3 heteroatoms. The fourth-order valence-corrected chi connectivity index (χ4v) is 2.56. The molecule has 0 aliphatic carbocycles. The second kappa shape index (κ2) is 5.47. The maximum Gasteiger partial charge on any atom is 0.238 e. The van der Waals surface area contributed by atoms with Crippen LogP contribution < -0.4 is 5.32 Å². The lowest BCUT2D eigenvalue weighted by Crippen LogP contribution is -2.29. The van der Waals surface area contributed by atoms with Gasteiger partial charge in [0.05, 0.1) is 6.54 Å². The van der Waals surface area contributed by atoms with Gasteiger partial charge in [-0.15, -0.1) is 0 Å². The lowest BCUT2D eigenvalue weighted by molar-refractivity contribution is -0.117. The maximum absolute atomic E-state index is 12.1. The minimum Gasteiger partial charge on any atom is -0.325 e. The van der Waals surface area contributed by atoms with Crippen molar-refractivity contribution in [3.8, 4) is 0 Å². The number of hydrogen-bond donors (Lipinski definition) is 1. The van der Waals surface area contributed by atoms with Gasteiger partial charge in [0.1, 0.15) is 0 Å². The van der Waals surface area contributed by atoms with Gasteiger partial charge in [0.25, 0.3) is 0 Å². The number of fused-ring (bicyclic) bond motifs is 1. The molecule has 0 atom stereocenters. The highest BCUT2D eigenvalue weighted by Crippen LogP contribution is 2.21. The van der Waals surface area contributed by atoms with Crippen LogP contribution >= 0.6 is 0 Å². The van der Waals surface area contributed by atoms with Crippen molar-refractivity contribution >= 4 is 11.6 Å². The molecule has 20 heavy (non-hydrogen) atoms. The van der Waals surface area contributed by atoms with Gasteiger partial charge in [-0.05, 0) is 30.2 Å². The second-order valence-corrected chi connectivity index (χ2v) is 5.33. The van der Waals surface area contributed by atoms with Gasteiger partial charge in [-0.25, -0.2) is 0 Å². The molecule has 0 saturated carbocycles. The smallest absolute Gasteiger partial charge is 0.238 e. The van der Waals surface area contributed by atoms with Crippen LogP contribution in [0.2, 0.25) is 0 Å². The van der Waals surface area contributed by atoms with Crippen molar-refractivity contribution in [1.82, 2.24) is 4.90 Å². The van der Waals surface area contributed by atoms with Gasteiger partial charge in [0.2, 0.25) is 5.91 Å². The Morgan fingerprint density at radius 1 is 1.05 bits per heavy atom. The number of hydrogen-bond acceptors (Lipinski definition) is 2. The molecule has 0 bridgehead atoms. The predicted octanol–water partition coefficient (Wildman–Crippen LogP) is 2.95. The van der Waals surface area contributed by atoms with Crippen LogP contribution in [0.4, 0.5) is 5.69 Å². The molecule has 0 saturated heterocycles. The van der Waals surface area contributed by atoms with E-state index in [-0.39, 0.29) is 5.91 Å². The molecule has 0 unspecified atom stereocenters. The van der Waals surface area contributed by atoms with E-state index in [1.807, 2.05) is 31.2 Å². The molecule has 102 valence electrons. The molecule has 0 spiro atoms. The number of nitrogens with one attached hydrogen (secondary N) is 1. The van der Waals surface area contributed by atoms with E-state index in [0.29, 0.717) is 6.54 Å². The van der Waals surface area contributed by atoms with Crippen molar-refractivity contribution in [3.63, 3.8) is 0 Å². The molecular weight excluding hydrogens is 248 g/mol. The van der Waals surface area contributed by atoms with Gasteiger partial charge in [0.15, 0.2) is 0 Å². The van der Waals surface area contributed by atoms with Crippen LogP contribution in [0.25, 0.3) is 0 Å². The third-order valence-electron chi connectivity index (χ3n) is 3.61. The summed E-state index contributed by atoms with van der Waals surface area (Å²) in [5.74, 6) is 0.0432. The molecule has 0 fully saturated rings. The minimum absolute atomic E-state index is 0.0432. The first-order valence-electron chi connectivity index (χ1n) is 6.86. The van der Waals surface area contributed by atoms with Crippen molar-refractivity contribution in [3.05, 3.63) is 65.2 Å². The Morgan fingerprint density at radius 3 is 2.25 bits per heavy atom. The highest BCUT2D eigenvalue weighted by molar-refractivity contribution is 5.92. The highest BCUT2D eigenvalue weighted by atomic mass is 16.2. The summed E-state index contributed by atoms with van der Waals surface area (Å²) in [7, 11) is 0. The van der Waals surface area contributed by atoms with E-state index in [2.05, 4.69) is 34.5 Å². The monoisotopic (exact) mass is 266 g/mol. The lowest BCUT2D eigenvalue weighted by atomic mass is 10.1. The van der Waals surface area contributed by atoms with Crippen molar-refractivity contribution in [2.45, 2.75) is 20.0 Å². The third-order valence-corrected chi connectivity index (χ3v) is 3.61. The van der Waals surface area contributed by atoms with Gasteiger partial charge >= 0.3 is 0 Å². The average Bonchev–Trinajstić information content (AvgIpc) is 2.83. The summed E-state index contributed by atoms with van der Waals surface area (Å²) < 4.78 is 0. The highest BCUT2D eigenvalue weighted by Gasteiger charge is 2.20. The van der Waals surface area contributed by atoms with Crippen LogP contribution in [0, 0.1) is 6.92 Å². The van der Waals surface area contributed by atoms with Crippen LogP contribution in [0.15, 0.2) is 48.5 Å². The topological polar surface area (TPSA) is 32.3 Å². The molecule has 1 aliphatic heterocycles. The van der Waals surface area contributed by atoms with E-state index in [4.69, 9.17) is 0 Å². The minimum atomic E-state index is 0.0432. The van der Waals surface area contributed by atoms with Gasteiger partial charge < -0.3 is 5.32 Å². The molecule has 2 aromatic rings. The summed E-state index contributed by atoms with van der Waals surface area (Å²) in [5, 5.41) is 2.94. The number of aryl methyl sites for hydroxylation is 1. The number of benzene rings is 2. The van der Waals surface area contributed by atoms with Gasteiger partial charge in [-0.2, -0.15) is 0 Å². The van der Waals surface area contributed by atoms with Crippen LogP contribution in [-0.4, -0.2) is 17.4 Å². The molecule has 2 aromatic carbocycles. The molecule has 1 amide bonds. The van der Waals surface area contributed by atoms with Crippen LogP contribution in [0.3, 0.4) is 0 Å². The normalized spacial score (nSPS) is 14.1. The van der Waals surface area contributed by atoms with Gasteiger partial charge in [0, 0.05) is 18.8 Å². The third kappa shape index (κ3) is 2.89. The standard InChI is InChI=1S/C17H18N2O/c1-13-6-8-16(9-7-13)18-17(20)12-19-10-14-4-2-3-5-15(14)11-19/h2-9H,10-12H2,1H3,(H,18,20). The number of carbonyl (C=O) groups is 1. The molecule has 0 aromatic heterocycles. The summed E-state index contributed by atoms with van der Waals surface area (Å²) in [6.45, 7) is 4.19. The van der Waals surface area contributed by atoms with E-state index < -0.39 is 0 Å². The van der Waals surface area contributed by atoms with E-state index in [0.717, 1.165) is 18.8 Å². The largest absolute Gasteiger partial charge is 0.325 e. The fraction of sp³-hybridized carbons (Fsp3) is 0.235. The molecule has 1 heterocycles. The molecular formula is C17H18N2O. The van der Waals surface area contributed by atoms with E-state index >= 15 is 0 Å². The Balaban J connectivity index is 1.57. The Kier molecular flexibility index (Phi) is 3.52. The van der Waals surface area contributed by atoms with Crippen LogP contribution in [-0.2, 0) is 17.9 Å². The number of nitrogens with zero attached hydrogens (tertiary/aromatic N) is 1. The first kappa shape index (κ1) is 12.9. The Bertz CT molecular complexity index is 594. The summed E-state index contributed by atoms with van der Waals surface area (Å²) >= 11 is 0. The number of carbonyl (C=O) groups excluding carboxylic acids is 1. The molecule has 0 radical (unpaired) electrons. The van der Waals surface area contributed by atoms with Gasteiger partial charge in [-0.3, -0.25) is 9.69 Å². The zero-order valence-electron chi connectivity index (χ0n) is 11.6. The van der Waals surface area contributed by atoms with Crippen molar-refractivity contribution < 1.29 is 4.79 Å². The first-order chi connectivity index (χ1) is 9.70. The SMILES string of the molecule is Cc1ccc(NC(=O)CN2Cc3ccccc3C2)cc1. The molecule has 3 nitrogen and oxygen atoms in total. The molecule has 1 aliphatic rings. The van der Waals surface area contributed by atoms with E-state index in [9.17, 15) is 4.79 Å².